The minimum atomic E-state index is -0.470. The number of anilines is 1. The highest BCUT2D eigenvalue weighted by Crippen LogP contribution is 2.28. The fourth-order valence-electron chi connectivity index (χ4n) is 3.63. The maximum absolute atomic E-state index is 12.9. The Bertz CT molecular complexity index is 1390. The molecule has 1 aromatic heterocycles. The molecule has 0 saturated heterocycles. The van der Waals surface area contributed by atoms with Gasteiger partial charge < -0.3 is 10.1 Å². The number of rotatable bonds is 6. The number of nitrogens with one attached hydrogen (secondary N) is 1. The first-order chi connectivity index (χ1) is 16.5. The Morgan fingerprint density at radius 2 is 1.79 bits per heavy atom. The number of aromatic nitrogens is 2. The van der Waals surface area contributed by atoms with Gasteiger partial charge in [-0.1, -0.05) is 35.9 Å². The number of amides is 1. The molecule has 4 rings (SSSR count). The van der Waals surface area contributed by atoms with E-state index in [2.05, 4.69) is 5.32 Å². The van der Waals surface area contributed by atoms with Gasteiger partial charge in [0.2, 0.25) is 0 Å². The molecular formula is C28H24N4O2. The Balaban J connectivity index is 1.75. The predicted molar refractivity (Wildman–Crippen MR) is 134 cm³/mol. The number of nitriles is 1. The van der Waals surface area contributed by atoms with E-state index < -0.39 is 5.91 Å². The van der Waals surface area contributed by atoms with E-state index in [1.165, 1.54) is 0 Å². The van der Waals surface area contributed by atoms with Crippen LogP contribution in [0.5, 0.6) is 5.75 Å². The topological polar surface area (TPSA) is 79.9 Å². The van der Waals surface area contributed by atoms with E-state index in [4.69, 9.17) is 9.84 Å². The molecule has 0 saturated carbocycles. The van der Waals surface area contributed by atoms with Crippen molar-refractivity contribution in [3.63, 3.8) is 0 Å². The van der Waals surface area contributed by atoms with Crippen LogP contribution in [0.1, 0.15) is 16.7 Å². The fraction of sp³-hybridized carbons (Fsp3) is 0.107. The molecule has 4 aromatic rings. The zero-order valence-corrected chi connectivity index (χ0v) is 19.2. The van der Waals surface area contributed by atoms with Crippen molar-refractivity contribution in [1.29, 1.82) is 5.26 Å². The zero-order valence-electron chi connectivity index (χ0n) is 19.2. The number of aryl methyl sites for hydroxylation is 2. The van der Waals surface area contributed by atoms with Crippen molar-refractivity contribution in [2.45, 2.75) is 13.8 Å². The van der Waals surface area contributed by atoms with Gasteiger partial charge in [0.25, 0.3) is 5.91 Å². The maximum Gasteiger partial charge on any atom is 0.266 e. The average Bonchev–Trinajstić information content (AvgIpc) is 3.28. The molecule has 0 bridgehead atoms. The number of ether oxygens (including phenoxy) is 1. The molecule has 0 radical (unpaired) electrons. The Labute approximate surface area is 198 Å². The van der Waals surface area contributed by atoms with E-state index in [0.717, 1.165) is 28.1 Å². The second-order valence-corrected chi connectivity index (χ2v) is 7.88. The van der Waals surface area contributed by atoms with Gasteiger partial charge in [-0.25, -0.2) is 4.68 Å². The number of carbonyl (C=O) groups excluding carboxylic acids is 1. The van der Waals surface area contributed by atoms with Crippen molar-refractivity contribution < 1.29 is 9.53 Å². The first kappa shape index (κ1) is 22.6. The summed E-state index contributed by atoms with van der Waals surface area (Å²) in [5.74, 6) is 0.261. The van der Waals surface area contributed by atoms with Gasteiger partial charge in [0.15, 0.2) is 0 Å². The molecule has 3 aromatic carbocycles. The average molecular weight is 449 g/mol. The Hall–Kier alpha value is -4.63. The number of hydrogen-bond donors (Lipinski definition) is 1. The van der Waals surface area contributed by atoms with Crippen molar-refractivity contribution in [3.8, 4) is 28.8 Å². The summed E-state index contributed by atoms with van der Waals surface area (Å²) in [7, 11) is 1.61. The molecule has 1 heterocycles. The van der Waals surface area contributed by atoms with Crippen molar-refractivity contribution in [3.05, 3.63) is 101 Å². The third kappa shape index (κ3) is 4.89. The van der Waals surface area contributed by atoms with Crippen LogP contribution in [-0.4, -0.2) is 22.8 Å². The van der Waals surface area contributed by atoms with E-state index in [-0.39, 0.29) is 5.57 Å². The Morgan fingerprint density at radius 3 is 2.44 bits per heavy atom. The molecule has 0 aliphatic carbocycles. The molecule has 0 aliphatic heterocycles. The summed E-state index contributed by atoms with van der Waals surface area (Å²) in [4.78, 5) is 12.9. The molecule has 0 unspecified atom stereocenters. The van der Waals surface area contributed by atoms with Gasteiger partial charge in [0.05, 0.1) is 18.5 Å². The maximum atomic E-state index is 12.9. The van der Waals surface area contributed by atoms with Crippen LogP contribution in [0.25, 0.3) is 23.0 Å². The molecule has 1 N–H and O–H groups in total. The third-order valence-corrected chi connectivity index (χ3v) is 5.42. The van der Waals surface area contributed by atoms with Gasteiger partial charge >= 0.3 is 0 Å². The summed E-state index contributed by atoms with van der Waals surface area (Å²) in [6.07, 6.45) is 3.39. The zero-order chi connectivity index (χ0) is 24.1. The van der Waals surface area contributed by atoms with Gasteiger partial charge in [-0.2, -0.15) is 10.4 Å². The van der Waals surface area contributed by atoms with E-state index in [0.29, 0.717) is 16.9 Å². The Morgan fingerprint density at radius 1 is 1.06 bits per heavy atom. The number of methoxy groups -OCH3 is 1. The van der Waals surface area contributed by atoms with E-state index in [1.54, 1.807) is 17.9 Å². The van der Waals surface area contributed by atoms with Crippen molar-refractivity contribution in [1.82, 2.24) is 9.78 Å². The summed E-state index contributed by atoms with van der Waals surface area (Å²) in [6.45, 7) is 3.91. The second kappa shape index (κ2) is 9.88. The number of nitrogens with zero attached hydrogens (tertiary/aromatic N) is 3. The number of carbonyl (C=O) groups is 1. The summed E-state index contributed by atoms with van der Waals surface area (Å²) in [5.41, 5.74) is 5.71. The van der Waals surface area contributed by atoms with Crippen molar-refractivity contribution >= 4 is 17.7 Å². The number of para-hydroxylation sites is 1. The van der Waals surface area contributed by atoms with Crippen molar-refractivity contribution in [2.75, 3.05) is 12.4 Å². The molecule has 0 fully saturated rings. The molecule has 0 aliphatic rings. The first-order valence-electron chi connectivity index (χ1n) is 10.8. The van der Waals surface area contributed by atoms with E-state index >= 15 is 0 Å². The molecule has 1 amide bonds. The lowest BCUT2D eigenvalue weighted by molar-refractivity contribution is -0.112. The molecule has 168 valence electrons. The number of hydrogen-bond acceptors (Lipinski definition) is 4. The Kier molecular flexibility index (Phi) is 6.56. The molecule has 0 atom stereocenters. The van der Waals surface area contributed by atoms with Crippen molar-refractivity contribution in [2.24, 2.45) is 0 Å². The predicted octanol–water partition coefficient (Wildman–Crippen LogP) is 5.71. The third-order valence-electron chi connectivity index (χ3n) is 5.42. The SMILES string of the molecule is COc1ccc(-c2nn(-c3ccccc3)cc2/C=C(\C#N)C(=O)Nc2ccc(C)cc2C)cc1. The van der Waals surface area contributed by atoms with Gasteiger partial charge in [0.1, 0.15) is 17.4 Å². The van der Waals surface area contributed by atoms with Crippen LogP contribution in [0, 0.1) is 25.2 Å². The fourth-order valence-corrected chi connectivity index (χ4v) is 3.63. The van der Waals surface area contributed by atoms with E-state index in [1.807, 2.05) is 98.9 Å². The molecule has 6 heteroatoms. The highest BCUT2D eigenvalue weighted by atomic mass is 16.5. The minimum absolute atomic E-state index is 0.0117. The lowest BCUT2D eigenvalue weighted by Crippen LogP contribution is -2.14. The highest BCUT2D eigenvalue weighted by Gasteiger charge is 2.16. The van der Waals surface area contributed by atoms with Crippen LogP contribution in [0.4, 0.5) is 5.69 Å². The second-order valence-electron chi connectivity index (χ2n) is 7.88. The molecule has 6 nitrogen and oxygen atoms in total. The summed E-state index contributed by atoms with van der Waals surface area (Å²) < 4.78 is 7.00. The molecule has 34 heavy (non-hydrogen) atoms. The smallest absolute Gasteiger partial charge is 0.266 e. The van der Waals surface area contributed by atoms with Gasteiger partial charge in [-0.05, 0) is 68.0 Å². The van der Waals surface area contributed by atoms with Crippen LogP contribution in [0.2, 0.25) is 0 Å². The minimum Gasteiger partial charge on any atom is -0.497 e. The highest BCUT2D eigenvalue weighted by molar-refractivity contribution is 6.10. The normalized spacial score (nSPS) is 11.1. The first-order valence-corrected chi connectivity index (χ1v) is 10.8. The lowest BCUT2D eigenvalue weighted by Gasteiger charge is -2.08. The largest absolute Gasteiger partial charge is 0.497 e. The monoisotopic (exact) mass is 448 g/mol. The molecular weight excluding hydrogens is 424 g/mol. The standard InChI is InChI=1S/C28H24N4O2/c1-19-9-14-26(20(2)15-19)30-28(33)22(17-29)16-23-18-32(24-7-5-4-6-8-24)31-27(23)21-10-12-25(34-3)13-11-21/h4-16,18H,1-3H3,(H,30,33)/b22-16+. The van der Waals surface area contributed by atoms with Gasteiger partial charge in [0, 0.05) is 23.0 Å². The van der Waals surface area contributed by atoms with E-state index in [9.17, 15) is 10.1 Å². The van der Waals surface area contributed by atoms with Crippen LogP contribution >= 0.6 is 0 Å². The van der Waals surface area contributed by atoms with Crippen LogP contribution in [0.3, 0.4) is 0 Å². The summed E-state index contributed by atoms with van der Waals surface area (Å²) in [6, 6.07) is 25.0. The van der Waals surface area contributed by atoms with Gasteiger partial charge in [-0.3, -0.25) is 4.79 Å². The van der Waals surface area contributed by atoms with Crippen LogP contribution < -0.4 is 10.1 Å². The van der Waals surface area contributed by atoms with Gasteiger partial charge in [-0.15, -0.1) is 0 Å². The summed E-state index contributed by atoms with van der Waals surface area (Å²) >= 11 is 0. The lowest BCUT2D eigenvalue weighted by atomic mass is 10.1. The summed E-state index contributed by atoms with van der Waals surface area (Å²) in [5, 5.41) is 17.4. The number of benzene rings is 3. The quantitative estimate of drug-likeness (QED) is 0.303. The molecule has 0 spiro atoms. The van der Waals surface area contributed by atoms with Crippen LogP contribution in [-0.2, 0) is 4.79 Å². The van der Waals surface area contributed by atoms with Crippen LogP contribution in [0.15, 0.2) is 84.6 Å².